The van der Waals surface area contributed by atoms with Crippen molar-refractivity contribution in [3.05, 3.63) is 58.7 Å². The van der Waals surface area contributed by atoms with Crippen molar-refractivity contribution < 1.29 is 0 Å². The van der Waals surface area contributed by atoms with Crippen LogP contribution in [-0.4, -0.2) is 12.6 Å². The SMILES string of the molecule is CC(C)C(C)(C)C1=CC=C(C(c2ccc(C(C)(C)C(C)C)cc2)C2CCCN2)CC1. The van der Waals surface area contributed by atoms with Gasteiger partial charge in [-0.1, -0.05) is 103 Å². The predicted molar refractivity (Wildman–Crippen MR) is 132 cm³/mol. The molecule has 166 valence electrons. The third-order valence-corrected chi connectivity index (χ3v) is 8.81. The van der Waals surface area contributed by atoms with Crippen LogP contribution in [0.5, 0.6) is 0 Å². The second-order valence-electron chi connectivity index (χ2n) is 11.5. The summed E-state index contributed by atoms with van der Waals surface area (Å²) in [7, 11) is 0. The van der Waals surface area contributed by atoms with Crippen LogP contribution in [0.4, 0.5) is 0 Å². The predicted octanol–water partition coefficient (Wildman–Crippen LogP) is 7.78. The summed E-state index contributed by atoms with van der Waals surface area (Å²) in [6, 6.07) is 10.2. The van der Waals surface area contributed by atoms with Gasteiger partial charge in [0, 0.05) is 12.0 Å². The van der Waals surface area contributed by atoms with Gasteiger partial charge in [0.15, 0.2) is 0 Å². The summed E-state index contributed by atoms with van der Waals surface area (Å²) in [6.45, 7) is 20.1. The summed E-state index contributed by atoms with van der Waals surface area (Å²) in [5, 5.41) is 3.81. The molecule has 1 heterocycles. The van der Waals surface area contributed by atoms with Crippen molar-refractivity contribution in [2.24, 2.45) is 17.3 Å². The Morgan fingerprint density at radius 3 is 1.93 bits per heavy atom. The first kappa shape index (κ1) is 23.3. The molecule has 0 radical (unpaired) electrons. The van der Waals surface area contributed by atoms with Gasteiger partial charge in [0.1, 0.15) is 0 Å². The Bertz CT molecular complexity index is 767. The molecule has 30 heavy (non-hydrogen) atoms. The Morgan fingerprint density at radius 2 is 1.47 bits per heavy atom. The highest BCUT2D eigenvalue weighted by molar-refractivity contribution is 5.40. The van der Waals surface area contributed by atoms with Gasteiger partial charge < -0.3 is 5.32 Å². The van der Waals surface area contributed by atoms with Crippen LogP contribution in [0.25, 0.3) is 0 Å². The van der Waals surface area contributed by atoms with E-state index in [9.17, 15) is 0 Å². The Kier molecular flexibility index (Phi) is 7.02. The van der Waals surface area contributed by atoms with Crippen LogP contribution in [0.2, 0.25) is 0 Å². The molecular formula is C29H45N. The molecule has 1 nitrogen and oxygen atoms in total. The number of benzene rings is 1. The van der Waals surface area contributed by atoms with Gasteiger partial charge in [-0.3, -0.25) is 0 Å². The molecule has 2 aliphatic rings. The number of nitrogens with one attached hydrogen (secondary N) is 1. The van der Waals surface area contributed by atoms with Gasteiger partial charge >= 0.3 is 0 Å². The first-order valence-corrected chi connectivity index (χ1v) is 12.3. The van der Waals surface area contributed by atoms with Gasteiger partial charge in [-0.25, -0.2) is 0 Å². The van der Waals surface area contributed by atoms with Crippen molar-refractivity contribution in [3.63, 3.8) is 0 Å². The van der Waals surface area contributed by atoms with Gasteiger partial charge in [-0.15, -0.1) is 0 Å². The van der Waals surface area contributed by atoms with E-state index in [-0.39, 0.29) is 10.8 Å². The quantitative estimate of drug-likeness (QED) is 0.486. The summed E-state index contributed by atoms with van der Waals surface area (Å²) >= 11 is 0. The highest BCUT2D eigenvalue weighted by atomic mass is 14.9. The summed E-state index contributed by atoms with van der Waals surface area (Å²) in [4.78, 5) is 0. The molecule has 1 saturated heterocycles. The largest absolute Gasteiger partial charge is 0.313 e. The van der Waals surface area contributed by atoms with Crippen LogP contribution in [-0.2, 0) is 5.41 Å². The maximum atomic E-state index is 3.81. The highest BCUT2D eigenvalue weighted by Crippen LogP contribution is 2.43. The van der Waals surface area contributed by atoms with E-state index in [1.54, 1.807) is 11.1 Å². The van der Waals surface area contributed by atoms with E-state index in [2.05, 4.69) is 97.1 Å². The fourth-order valence-corrected chi connectivity index (χ4v) is 4.97. The molecule has 1 N–H and O–H groups in total. The second-order valence-corrected chi connectivity index (χ2v) is 11.5. The van der Waals surface area contributed by atoms with Crippen molar-refractivity contribution in [3.8, 4) is 0 Å². The average molecular weight is 408 g/mol. The van der Waals surface area contributed by atoms with Gasteiger partial charge in [-0.05, 0) is 66.0 Å². The van der Waals surface area contributed by atoms with Gasteiger partial charge in [0.2, 0.25) is 0 Å². The fourth-order valence-electron chi connectivity index (χ4n) is 4.97. The van der Waals surface area contributed by atoms with E-state index in [1.165, 1.54) is 36.8 Å². The van der Waals surface area contributed by atoms with Gasteiger partial charge in [0.05, 0.1) is 0 Å². The summed E-state index contributed by atoms with van der Waals surface area (Å²) in [5.74, 6) is 1.80. The van der Waals surface area contributed by atoms with Crippen molar-refractivity contribution >= 4 is 0 Å². The first-order valence-electron chi connectivity index (χ1n) is 12.3. The van der Waals surface area contributed by atoms with E-state index in [0.717, 1.165) is 6.54 Å². The van der Waals surface area contributed by atoms with Crippen LogP contribution in [0, 0.1) is 17.3 Å². The molecule has 1 aromatic rings. The second kappa shape index (κ2) is 9.03. The van der Waals surface area contributed by atoms with Crippen LogP contribution in [0.3, 0.4) is 0 Å². The first-order chi connectivity index (χ1) is 14.0. The smallest absolute Gasteiger partial charge is 0.0205 e. The third-order valence-electron chi connectivity index (χ3n) is 8.81. The van der Waals surface area contributed by atoms with Crippen molar-refractivity contribution in [1.82, 2.24) is 5.32 Å². The summed E-state index contributed by atoms with van der Waals surface area (Å²) in [5.41, 5.74) is 6.68. The zero-order valence-electron chi connectivity index (χ0n) is 20.8. The number of hydrogen-bond donors (Lipinski definition) is 1. The lowest BCUT2D eigenvalue weighted by molar-refractivity contribution is 0.299. The lowest BCUT2D eigenvalue weighted by Gasteiger charge is -2.36. The summed E-state index contributed by atoms with van der Waals surface area (Å²) in [6.07, 6.45) is 9.92. The molecule has 0 aromatic heterocycles. The molecule has 1 fully saturated rings. The average Bonchev–Trinajstić information content (AvgIpc) is 3.23. The lowest BCUT2D eigenvalue weighted by atomic mass is 9.69. The van der Waals surface area contributed by atoms with E-state index >= 15 is 0 Å². The minimum atomic E-state index is 0.212. The van der Waals surface area contributed by atoms with Gasteiger partial charge in [0.25, 0.3) is 0 Å². The topological polar surface area (TPSA) is 12.0 Å². The molecule has 2 unspecified atom stereocenters. The third kappa shape index (κ3) is 4.62. The molecule has 3 rings (SSSR count). The molecule has 2 atom stereocenters. The molecule has 0 spiro atoms. The lowest BCUT2D eigenvalue weighted by Crippen LogP contribution is -2.31. The monoisotopic (exact) mass is 407 g/mol. The fraction of sp³-hybridized carbons (Fsp3) is 0.655. The Morgan fingerprint density at radius 1 is 0.833 bits per heavy atom. The Labute approximate surface area is 186 Å². The zero-order valence-corrected chi connectivity index (χ0v) is 20.8. The molecule has 0 saturated carbocycles. The molecule has 0 amide bonds. The van der Waals surface area contributed by atoms with Crippen molar-refractivity contribution in [1.29, 1.82) is 0 Å². The number of allylic oxidation sites excluding steroid dienone is 3. The minimum absolute atomic E-state index is 0.212. The molecule has 0 bridgehead atoms. The van der Waals surface area contributed by atoms with E-state index in [4.69, 9.17) is 0 Å². The van der Waals surface area contributed by atoms with E-state index in [1.807, 2.05) is 0 Å². The molecular weight excluding hydrogens is 362 g/mol. The molecule has 1 aliphatic carbocycles. The van der Waals surface area contributed by atoms with Crippen LogP contribution < -0.4 is 5.32 Å². The van der Waals surface area contributed by atoms with Crippen LogP contribution >= 0.6 is 0 Å². The normalized spacial score (nSPS) is 21.7. The Balaban J connectivity index is 1.92. The number of rotatable bonds is 7. The van der Waals surface area contributed by atoms with Crippen LogP contribution in [0.1, 0.15) is 98.1 Å². The standard InChI is InChI=1S/C29H45N/c1-20(2)28(5,6)24-15-11-22(12-16-24)27(26-10-9-19-30-26)23-13-17-25(18-14-23)29(7,8)21(3)4/h11-13,15-17,20-21,26-27,30H,9-10,14,18-19H2,1-8H3. The molecule has 1 aromatic carbocycles. The van der Waals surface area contributed by atoms with E-state index in [0.29, 0.717) is 23.8 Å². The molecule has 1 heteroatoms. The highest BCUT2D eigenvalue weighted by Gasteiger charge is 2.33. The minimum Gasteiger partial charge on any atom is -0.313 e. The zero-order chi connectivity index (χ0) is 22.1. The maximum absolute atomic E-state index is 3.81. The van der Waals surface area contributed by atoms with Crippen LogP contribution in [0.15, 0.2) is 47.6 Å². The molecule has 1 aliphatic heterocycles. The van der Waals surface area contributed by atoms with Gasteiger partial charge in [-0.2, -0.15) is 0 Å². The van der Waals surface area contributed by atoms with E-state index < -0.39 is 0 Å². The number of hydrogen-bond acceptors (Lipinski definition) is 1. The van der Waals surface area contributed by atoms with Crippen molar-refractivity contribution in [2.75, 3.05) is 6.54 Å². The summed E-state index contributed by atoms with van der Waals surface area (Å²) < 4.78 is 0. The maximum Gasteiger partial charge on any atom is 0.0205 e. The Hall–Kier alpha value is -1.34. The van der Waals surface area contributed by atoms with Crippen molar-refractivity contribution in [2.45, 2.75) is 98.4 Å².